The number of carbonyl (C=O) groups is 1. The van der Waals surface area contributed by atoms with E-state index >= 15 is 0 Å². The van der Waals surface area contributed by atoms with Gasteiger partial charge in [-0.1, -0.05) is 41.5 Å². The van der Waals surface area contributed by atoms with Crippen molar-refractivity contribution in [2.45, 2.75) is 0 Å². The second kappa shape index (κ2) is 10.7. The van der Waals surface area contributed by atoms with Gasteiger partial charge in [0.05, 0.1) is 16.7 Å². The number of fused-ring (bicyclic) bond motifs is 2. The number of para-hydroxylation sites is 2. The Morgan fingerprint density at radius 3 is 2.38 bits per heavy atom. The van der Waals surface area contributed by atoms with Gasteiger partial charge in [-0.05, 0) is 17.7 Å². The smallest absolute Gasteiger partial charge is 0.407 e. The van der Waals surface area contributed by atoms with E-state index in [1.54, 1.807) is 0 Å². The second-order valence-corrected chi connectivity index (χ2v) is 6.22. The maximum absolute atomic E-state index is 11.4. The highest BCUT2D eigenvalue weighted by Gasteiger charge is 2.07. The molecule has 3 N–H and O–H groups in total. The largest absolute Gasteiger partial charge is 0.448 e. The van der Waals surface area contributed by atoms with Gasteiger partial charge in [0.1, 0.15) is 6.61 Å². The summed E-state index contributed by atoms with van der Waals surface area (Å²) in [5, 5.41) is 14.7. The number of nitrogens with one attached hydrogen (secondary N) is 3. The molecule has 1 aromatic heterocycles. The number of azide groups is 1. The Balaban J connectivity index is 1.44. The minimum absolute atomic E-state index is 0.202. The van der Waals surface area contributed by atoms with Crippen LogP contribution in [0.15, 0.2) is 53.6 Å². The zero-order chi connectivity index (χ0) is 20.3. The van der Waals surface area contributed by atoms with Gasteiger partial charge in [0, 0.05) is 48.4 Å². The monoisotopic (exact) mass is 393 g/mol. The van der Waals surface area contributed by atoms with Crippen LogP contribution in [-0.4, -0.2) is 50.4 Å². The number of ether oxygens (including phenoxy) is 1. The van der Waals surface area contributed by atoms with Crippen molar-refractivity contribution >= 4 is 33.6 Å². The molecule has 1 heterocycles. The number of anilines is 1. The van der Waals surface area contributed by atoms with Crippen LogP contribution in [0.5, 0.6) is 0 Å². The summed E-state index contributed by atoms with van der Waals surface area (Å²) < 4.78 is 5.03. The third-order valence-corrected chi connectivity index (χ3v) is 4.25. The van der Waals surface area contributed by atoms with Gasteiger partial charge in [-0.2, -0.15) is 0 Å². The fourth-order valence-corrected chi connectivity index (χ4v) is 2.95. The molecule has 2 aromatic carbocycles. The van der Waals surface area contributed by atoms with Crippen molar-refractivity contribution in [3.63, 3.8) is 0 Å². The highest BCUT2D eigenvalue weighted by atomic mass is 16.5. The molecule has 9 heteroatoms. The van der Waals surface area contributed by atoms with Gasteiger partial charge in [-0.25, -0.2) is 9.78 Å². The predicted molar refractivity (Wildman–Crippen MR) is 114 cm³/mol. The number of amides is 1. The lowest BCUT2D eigenvalue weighted by atomic mass is 10.1. The Morgan fingerprint density at radius 2 is 1.69 bits per heavy atom. The van der Waals surface area contributed by atoms with Crippen molar-refractivity contribution in [1.82, 2.24) is 15.6 Å². The summed E-state index contributed by atoms with van der Waals surface area (Å²) in [6.45, 7) is 2.70. The van der Waals surface area contributed by atoms with Crippen LogP contribution in [0.3, 0.4) is 0 Å². The average molecular weight is 393 g/mol. The van der Waals surface area contributed by atoms with E-state index in [-0.39, 0.29) is 19.7 Å². The van der Waals surface area contributed by atoms with Crippen LogP contribution in [0.2, 0.25) is 0 Å². The third-order valence-electron chi connectivity index (χ3n) is 4.25. The lowest BCUT2D eigenvalue weighted by Crippen LogP contribution is -2.31. The zero-order valence-corrected chi connectivity index (χ0v) is 16.0. The van der Waals surface area contributed by atoms with Crippen LogP contribution < -0.4 is 16.0 Å². The molecule has 0 spiro atoms. The Hall–Kier alpha value is -3.55. The summed E-state index contributed by atoms with van der Waals surface area (Å²) in [6, 6.07) is 16.2. The van der Waals surface area contributed by atoms with E-state index in [0.29, 0.717) is 13.1 Å². The minimum atomic E-state index is -0.521. The van der Waals surface area contributed by atoms with Gasteiger partial charge in [-0.3, -0.25) is 0 Å². The molecule has 0 saturated carbocycles. The van der Waals surface area contributed by atoms with Crippen LogP contribution in [0.4, 0.5) is 10.5 Å². The van der Waals surface area contributed by atoms with Gasteiger partial charge in [0.2, 0.25) is 0 Å². The summed E-state index contributed by atoms with van der Waals surface area (Å²) in [6.07, 6.45) is -0.521. The quantitative estimate of drug-likeness (QED) is 0.160. The van der Waals surface area contributed by atoms with Gasteiger partial charge in [-0.15, -0.1) is 0 Å². The zero-order valence-electron chi connectivity index (χ0n) is 16.0. The first-order chi connectivity index (χ1) is 14.3. The summed E-state index contributed by atoms with van der Waals surface area (Å²) in [5.41, 5.74) is 11.1. The highest BCUT2D eigenvalue weighted by Crippen LogP contribution is 2.30. The van der Waals surface area contributed by atoms with Crippen LogP contribution in [0.25, 0.3) is 32.2 Å². The van der Waals surface area contributed by atoms with E-state index < -0.39 is 6.09 Å². The van der Waals surface area contributed by atoms with Gasteiger partial charge in [0.25, 0.3) is 0 Å². The molecule has 0 aliphatic carbocycles. The first-order valence-electron chi connectivity index (χ1n) is 9.43. The Morgan fingerprint density at radius 1 is 1.00 bits per heavy atom. The summed E-state index contributed by atoms with van der Waals surface area (Å²) in [7, 11) is 0. The maximum Gasteiger partial charge on any atom is 0.407 e. The lowest BCUT2D eigenvalue weighted by molar-refractivity contribution is 0.147. The molecule has 3 aromatic rings. The number of pyridine rings is 1. The molecule has 3 rings (SSSR count). The van der Waals surface area contributed by atoms with Crippen molar-refractivity contribution in [3.05, 3.63) is 59.0 Å². The molecular formula is C20H23N7O2. The molecular weight excluding hydrogens is 370 g/mol. The first-order valence-corrected chi connectivity index (χ1v) is 9.43. The summed E-state index contributed by atoms with van der Waals surface area (Å²) >= 11 is 0. The van der Waals surface area contributed by atoms with Crippen LogP contribution >= 0.6 is 0 Å². The molecule has 0 aliphatic heterocycles. The number of aromatic nitrogens is 1. The van der Waals surface area contributed by atoms with Gasteiger partial charge >= 0.3 is 6.09 Å². The summed E-state index contributed by atoms with van der Waals surface area (Å²) in [5.74, 6) is 0. The fourth-order valence-electron chi connectivity index (χ4n) is 2.95. The molecule has 29 heavy (non-hydrogen) atoms. The Labute approximate surface area is 168 Å². The van der Waals surface area contributed by atoms with Crippen LogP contribution in [0, 0.1) is 0 Å². The molecule has 9 nitrogen and oxygen atoms in total. The number of hydrogen-bond donors (Lipinski definition) is 3. The number of hydrogen-bond acceptors (Lipinski definition) is 6. The van der Waals surface area contributed by atoms with Crippen LogP contribution in [-0.2, 0) is 4.74 Å². The van der Waals surface area contributed by atoms with E-state index in [0.717, 1.165) is 34.0 Å². The predicted octanol–water partition coefficient (Wildman–Crippen LogP) is 3.43. The van der Waals surface area contributed by atoms with Gasteiger partial charge < -0.3 is 20.7 Å². The molecule has 0 radical (unpaired) electrons. The first kappa shape index (κ1) is 20.2. The molecule has 0 atom stereocenters. The third kappa shape index (κ3) is 5.71. The van der Waals surface area contributed by atoms with Crippen molar-refractivity contribution in [1.29, 1.82) is 0 Å². The van der Waals surface area contributed by atoms with Crippen molar-refractivity contribution in [2.75, 3.05) is 44.6 Å². The number of carbonyl (C=O) groups excluding carboxylic acids is 1. The molecule has 150 valence electrons. The summed E-state index contributed by atoms with van der Waals surface area (Å²) in [4.78, 5) is 18.7. The molecule has 0 aliphatic rings. The number of benzene rings is 2. The van der Waals surface area contributed by atoms with Crippen molar-refractivity contribution < 1.29 is 9.53 Å². The molecule has 0 saturated heterocycles. The molecule has 0 bridgehead atoms. The van der Waals surface area contributed by atoms with E-state index in [2.05, 4.69) is 38.1 Å². The average Bonchev–Trinajstić information content (AvgIpc) is 2.75. The molecule has 0 fully saturated rings. The van der Waals surface area contributed by atoms with E-state index in [9.17, 15) is 4.79 Å². The lowest BCUT2D eigenvalue weighted by Gasteiger charge is -2.13. The van der Waals surface area contributed by atoms with E-state index in [1.165, 1.54) is 0 Å². The van der Waals surface area contributed by atoms with Crippen LogP contribution in [0.1, 0.15) is 0 Å². The maximum atomic E-state index is 11.4. The number of rotatable bonds is 10. The van der Waals surface area contributed by atoms with E-state index in [1.807, 2.05) is 36.4 Å². The standard InChI is InChI=1S/C20H23N7O2/c21-27-25-12-11-24-20(28)29-14-13-22-9-10-23-19-15-5-1-3-7-17(15)26-18-8-4-2-6-16(18)19/h1-8,22H,9-14H2,(H,23,26)(H,24,28). The van der Waals surface area contributed by atoms with Crippen molar-refractivity contribution in [3.8, 4) is 0 Å². The minimum Gasteiger partial charge on any atom is -0.448 e. The Bertz CT molecular complexity index is 964. The normalized spacial score (nSPS) is 10.5. The van der Waals surface area contributed by atoms with E-state index in [4.69, 9.17) is 15.3 Å². The second-order valence-electron chi connectivity index (χ2n) is 6.22. The van der Waals surface area contributed by atoms with Gasteiger partial charge in [0.15, 0.2) is 0 Å². The molecule has 1 amide bonds. The topological polar surface area (TPSA) is 124 Å². The van der Waals surface area contributed by atoms with Crippen molar-refractivity contribution in [2.24, 2.45) is 5.11 Å². The fraction of sp³-hybridized carbons (Fsp3) is 0.300. The Kier molecular flexibility index (Phi) is 7.45. The highest BCUT2D eigenvalue weighted by molar-refractivity contribution is 6.07. The SMILES string of the molecule is [N-]=[N+]=NCCNC(=O)OCCNCCNc1c2ccccc2nc2ccccc12. The number of alkyl carbamates (subject to hydrolysis) is 1. The number of nitrogens with zero attached hydrogens (tertiary/aromatic N) is 4. The molecule has 0 unspecified atom stereocenters.